The van der Waals surface area contributed by atoms with Gasteiger partial charge in [0, 0.05) is 17.0 Å². The third-order valence-electron chi connectivity index (χ3n) is 3.66. The topological polar surface area (TPSA) is 55.1 Å². The van der Waals surface area contributed by atoms with Crippen LogP contribution in [0.3, 0.4) is 0 Å². The van der Waals surface area contributed by atoms with Crippen LogP contribution in [0.2, 0.25) is 0 Å². The molecule has 0 radical (unpaired) electrons. The molecule has 4 rings (SSSR count). The van der Waals surface area contributed by atoms with E-state index in [4.69, 9.17) is 0 Å². The number of fused-ring (bicyclic) bond motifs is 1. The second-order valence-corrected chi connectivity index (χ2v) is 5.93. The van der Waals surface area contributed by atoms with E-state index < -0.39 is 0 Å². The van der Waals surface area contributed by atoms with Gasteiger partial charge in [-0.1, -0.05) is 12.2 Å². The second kappa shape index (κ2) is 5.29. The van der Waals surface area contributed by atoms with Gasteiger partial charge in [0.25, 0.3) is 0 Å². The lowest BCUT2D eigenvalue weighted by Crippen LogP contribution is -2.21. The van der Waals surface area contributed by atoms with Crippen molar-refractivity contribution in [3.05, 3.63) is 41.1 Å². The number of allylic oxidation sites excluding steroid dienone is 1. The zero-order valence-corrected chi connectivity index (χ0v) is 12.3. The Balaban J connectivity index is 1.68. The monoisotopic (exact) mass is 297 g/mol. The van der Waals surface area contributed by atoms with E-state index in [2.05, 4.69) is 38.1 Å². The van der Waals surface area contributed by atoms with Crippen molar-refractivity contribution in [2.45, 2.75) is 25.3 Å². The van der Waals surface area contributed by atoms with Crippen molar-refractivity contribution in [2.24, 2.45) is 0 Å². The number of nitrogens with one attached hydrogen (secondary N) is 1. The molecule has 1 aliphatic carbocycles. The van der Waals surface area contributed by atoms with Crippen LogP contribution in [0.15, 0.2) is 41.1 Å². The van der Waals surface area contributed by atoms with Gasteiger partial charge in [0.15, 0.2) is 11.5 Å². The highest BCUT2D eigenvalue weighted by Gasteiger charge is 2.13. The molecule has 1 atom stereocenters. The van der Waals surface area contributed by atoms with E-state index in [1.54, 1.807) is 11.3 Å². The predicted molar refractivity (Wildman–Crippen MR) is 84.5 cm³/mol. The second-order valence-electron chi connectivity index (χ2n) is 5.15. The molecule has 106 valence electrons. The smallest absolute Gasteiger partial charge is 0.186 e. The standard InChI is InChI=1S/C15H15N5S/c1-2-4-12(5-3-1)16-13-6-7-14-17-18-15(20(14)19-13)11-8-9-21-10-11/h1-2,6-10,12H,3-5H2,(H,16,19). The fraction of sp³-hybridized carbons (Fsp3) is 0.267. The van der Waals surface area contributed by atoms with Gasteiger partial charge in [0.1, 0.15) is 5.82 Å². The number of hydrogen-bond acceptors (Lipinski definition) is 5. The lowest BCUT2D eigenvalue weighted by Gasteiger charge is -2.19. The third kappa shape index (κ3) is 2.42. The van der Waals surface area contributed by atoms with Crippen LogP contribution in [-0.4, -0.2) is 25.9 Å². The first-order valence-corrected chi connectivity index (χ1v) is 8.01. The zero-order chi connectivity index (χ0) is 14.1. The van der Waals surface area contributed by atoms with Gasteiger partial charge in [-0.05, 0) is 42.8 Å². The molecular formula is C15H15N5S. The van der Waals surface area contributed by atoms with Gasteiger partial charge in [-0.3, -0.25) is 0 Å². The molecule has 6 heteroatoms. The predicted octanol–water partition coefficient (Wildman–Crippen LogP) is 3.37. The molecule has 0 saturated carbocycles. The van der Waals surface area contributed by atoms with Crippen molar-refractivity contribution >= 4 is 22.8 Å². The summed E-state index contributed by atoms with van der Waals surface area (Å²) in [6.45, 7) is 0. The number of rotatable bonds is 3. The summed E-state index contributed by atoms with van der Waals surface area (Å²) < 4.78 is 1.81. The van der Waals surface area contributed by atoms with Gasteiger partial charge in [-0.15, -0.1) is 15.3 Å². The number of anilines is 1. The molecular weight excluding hydrogens is 282 g/mol. The Labute approximate surface area is 126 Å². The number of nitrogens with zero attached hydrogens (tertiary/aromatic N) is 4. The van der Waals surface area contributed by atoms with Gasteiger partial charge in [0.05, 0.1) is 0 Å². The SMILES string of the molecule is C1=CCC(Nc2ccc3nnc(-c4ccsc4)n3n2)CC1. The van der Waals surface area contributed by atoms with Crippen LogP contribution < -0.4 is 5.32 Å². The highest BCUT2D eigenvalue weighted by molar-refractivity contribution is 7.08. The molecule has 1 unspecified atom stereocenters. The lowest BCUT2D eigenvalue weighted by molar-refractivity contribution is 0.639. The average Bonchev–Trinajstić information content (AvgIpc) is 3.16. The van der Waals surface area contributed by atoms with Gasteiger partial charge in [-0.2, -0.15) is 15.9 Å². The summed E-state index contributed by atoms with van der Waals surface area (Å²) >= 11 is 1.65. The van der Waals surface area contributed by atoms with Crippen molar-refractivity contribution < 1.29 is 0 Å². The molecule has 0 aliphatic heterocycles. The van der Waals surface area contributed by atoms with Crippen LogP contribution >= 0.6 is 11.3 Å². The van der Waals surface area contributed by atoms with Gasteiger partial charge >= 0.3 is 0 Å². The number of hydrogen-bond donors (Lipinski definition) is 1. The van der Waals surface area contributed by atoms with Gasteiger partial charge in [0.2, 0.25) is 0 Å². The van der Waals surface area contributed by atoms with Crippen molar-refractivity contribution in [2.75, 3.05) is 5.32 Å². The van der Waals surface area contributed by atoms with E-state index in [1.807, 2.05) is 28.1 Å². The molecule has 0 spiro atoms. The van der Waals surface area contributed by atoms with Gasteiger partial charge in [-0.25, -0.2) is 0 Å². The van der Waals surface area contributed by atoms with Crippen molar-refractivity contribution in [1.82, 2.24) is 19.8 Å². The minimum Gasteiger partial charge on any atom is -0.366 e. The van der Waals surface area contributed by atoms with Crippen molar-refractivity contribution in [1.29, 1.82) is 0 Å². The first-order chi connectivity index (χ1) is 10.4. The lowest BCUT2D eigenvalue weighted by atomic mass is 10.0. The van der Waals surface area contributed by atoms with Crippen LogP contribution in [0.1, 0.15) is 19.3 Å². The van der Waals surface area contributed by atoms with E-state index in [1.165, 1.54) is 0 Å². The fourth-order valence-electron chi connectivity index (χ4n) is 2.57. The van der Waals surface area contributed by atoms with Crippen LogP contribution in [0.5, 0.6) is 0 Å². The minimum atomic E-state index is 0.459. The maximum absolute atomic E-state index is 4.65. The number of thiophene rings is 1. The Kier molecular flexibility index (Phi) is 3.16. The summed E-state index contributed by atoms with van der Waals surface area (Å²) in [7, 11) is 0. The largest absolute Gasteiger partial charge is 0.366 e. The Morgan fingerprint density at radius 1 is 1.19 bits per heavy atom. The molecule has 3 heterocycles. The summed E-state index contributed by atoms with van der Waals surface area (Å²) in [5, 5.41) is 20.7. The fourth-order valence-corrected chi connectivity index (χ4v) is 3.21. The van der Waals surface area contributed by atoms with Crippen LogP contribution in [-0.2, 0) is 0 Å². The minimum absolute atomic E-state index is 0.459. The highest BCUT2D eigenvalue weighted by Crippen LogP contribution is 2.21. The summed E-state index contributed by atoms with van der Waals surface area (Å²) in [5.41, 5.74) is 1.82. The molecule has 0 saturated heterocycles. The Hall–Kier alpha value is -2.21. The molecule has 0 amide bonds. The maximum Gasteiger partial charge on any atom is 0.186 e. The number of aromatic nitrogens is 4. The highest BCUT2D eigenvalue weighted by atomic mass is 32.1. The normalized spacial score (nSPS) is 18.2. The molecule has 0 aromatic carbocycles. The quantitative estimate of drug-likeness (QED) is 0.753. The van der Waals surface area contributed by atoms with Crippen molar-refractivity contribution in [3.63, 3.8) is 0 Å². The summed E-state index contributed by atoms with van der Waals surface area (Å²) in [6.07, 6.45) is 7.81. The van der Waals surface area contributed by atoms with Gasteiger partial charge < -0.3 is 5.32 Å². The Morgan fingerprint density at radius 3 is 3.00 bits per heavy atom. The summed E-state index contributed by atoms with van der Waals surface area (Å²) in [4.78, 5) is 0. The Bertz CT molecular complexity index is 775. The van der Waals surface area contributed by atoms with E-state index in [0.29, 0.717) is 6.04 Å². The molecule has 0 bridgehead atoms. The molecule has 1 aliphatic rings. The first-order valence-electron chi connectivity index (χ1n) is 7.07. The van der Waals surface area contributed by atoms with E-state index in [9.17, 15) is 0 Å². The maximum atomic E-state index is 4.65. The zero-order valence-electron chi connectivity index (χ0n) is 11.4. The Morgan fingerprint density at radius 2 is 2.19 bits per heavy atom. The summed E-state index contributed by atoms with van der Waals surface area (Å²) in [6, 6.07) is 6.42. The van der Waals surface area contributed by atoms with E-state index in [-0.39, 0.29) is 0 Å². The molecule has 1 N–H and O–H groups in total. The molecule has 5 nitrogen and oxygen atoms in total. The van der Waals surface area contributed by atoms with E-state index in [0.717, 1.165) is 42.1 Å². The third-order valence-corrected chi connectivity index (χ3v) is 4.35. The van der Waals surface area contributed by atoms with E-state index >= 15 is 0 Å². The van der Waals surface area contributed by atoms with Crippen LogP contribution in [0.4, 0.5) is 5.82 Å². The molecule has 3 aromatic rings. The van der Waals surface area contributed by atoms with Crippen molar-refractivity contribution in [3.8, 4) is 11.4 Å². The average molecular weight is 297 g/mol. The van der Waals surface area contributed by atoms with Crippen LogP contribution in [0, 0.1) is 0 Å². The molecule has 21 heavy (non-hydrogen) atoms. The molecule has 0 fully saturated rings. The summed E-state index contributed by atoms with van der Waals surface area (Å²) in [5.74, 6) is 1.66. The van der Waals surface area contributed by atoms with Crippen LogP contribution in [0.25, 0.3) is 17.0 Å². The molecule has 3 aromatic heterocycles. The first kappa shape index (κ1) is 12.5.